The van der Waals surface area contributed by atoms with Crippen LogP contribution in [-0.2, 0) is 0 Å². The van der Waals surface area contributed by atoms with E-state index in [2.05, 4.69) is 4.57 Å². The second-order valence-corrected chi connectivity index (χ2v) is 6.12. The van der Waals surface area contributed by atoms with Gasteiger partial charge in [0.25, 0.3) is 0 Å². The summed E-state index contributed by atoms with van der Waals surface area (Å²) in [5.74, 6) is 0.926. The van der Waals surface area contributed by atoms with E-state index in [1.54, 1.807) is 12.1 Å². The highest BCUT2D eigenvalue weighted by Crippen LogP contribution is 2.43. The minimum atomic E-state index is 0.0764. The number of aromatic hydroxyl groups is 1. The molecular formula is C16H12Cl2N2O. The van der Waals surface area contributed by atoms with E-state index in [1.165, 1.54) is 0 Å². The Labute approximate surface area is 131 Å². The van der Waals surface area contributed by atoms with E-state index in [0.29, 0.717) is 16.1 Å². The minimum Gasteiger partial charge on any atom is -0.506 e. The second-order valence-electron chi connectivity index (χ2n) is 5.31. The molecule has 3 aromatic rings. The van der Waals surface area contributed by atoms with Gasteiger partial charge in [0, 0.05) is 11.6 Å². The fraction of sp³-hybridized carbons (Fsp3) is 0.188. The number of phenols is 1. The lowest BCUT2D eigenvalue weighted by molar-refractivity contribution is 0.475. The molecule has 4 rings (SSSR count). The summed E-state index contributed by atoms with van der Waals surface area (Å²) in [6.45, 7) is 0. The first kappa shape index (κ1) is 13.0. The average molecular weight is 319 g/mol. The van der Waals surface area contributed by atoms with Gasteiger partial charge in [-0.05, 0) is 43.2 Å². The highest BCUT2D eigenvalue weighted by atomic mass is 35.5. The molecule has 0 atom stereocenters. The molecule has 3 nitrogen and oxygen atoms in total. The number of halogens is 2. The molecule has 1 heterocycles. The lowest BCUT2D eigenvalue weighted by atomic mass is 10.2. The van der Waals surface area contributed by atoms with Crippen LogP contribution in [0.5, 0.6) is 5.75 Å². The summed E-state index contributed by atoms with van der Waals surface area (Å²) in [4.78, 5) is 4.71. The summed E-state index contributed by atoms with van der Waals surface area (Å²) in [5, 5.41) is 10.6. The van der Waals surface area contributed by atoms with Crippen molar-refractivity contribution in [2.75, 3.05) is 0 Å². The number of benzene rings is 2. The van der Waals surface area contributed by atoms with Gasteiger partial charge in [0.15, 0.2) is 0 Å². The number of phenolic OH excluding ortho intramolecular Hbond substituents is 1. The molecule has 1 aliphatic carbocycles. The molecule has 0 spiro atoms. The fourth-order valence-electron chi connectivity index (χ4n) is 2.64. The van der Waals surface area contributed by atoms with Gasteiger partial charge >= 0.3 is 0 Å². The predicted octanol–water partition coefficient (Wildman–Crippen LogP) is 5.05. The van der Waals surface area contributed by atoms with Gasteiger partial charge in [-0.15, -0.1) is 0 Å². The van der Waals surface area contributed by atoms with Crippen molar-refractivity contribution < 1.29 is 5.11 Å². The molecule has 0 aliphatic heterocycles. The smallest absolute Gasteiger partial charge is 0.141 e. The minimum absolute atomic E-state index is 0.0764. The Balaban J connectivity index is 2.01. The molecule has 1 saturated carbocycles. The maximum atomic E-state index is 9.59. The summed E-state index contributed by atoms with van der Waals surface area (Å²) < 4.78 is 2.19. The van der Waals surface area contributed by atoms with Crippen molar-refractivity contribution in [3.8, 4) is 17.1 Å². The molecule has 1 fully saturated rings. The van der Waals surface area contributed by atoms with Crippen molar-refractivity contribution in [3.05, 3.63) is 46.4 Å². The lowest BCUT2D eigenvalue weighted by Gasteiger charge is -2.09. The first-order valence-electron chi connectivity index (χ1n) is 6.80. The molecule has 1 N–H and O–H groups in total. The van der Waals surface area contributed by atoms with Crippen molar-refractivity contribution in [2.45, 2.75) is 18.9 Å². The summed E-state index contributed by atoms with van der Waals surface area (Å²) >= 11 is 12.4. The van der Waals surface area contributed by atoms with E-state index in [-0.39, 0.29) is 5.75 Å². The molecule has 0 radical (unpaired) electrons. The second kappa shape index (κ2) is 4.65. The number of rotatable bonds is 2. The lowest BCUT2D eigenvalue weighted by Crippen LogP contribution is -1.97. The Morgan fingerprint density at radius 3 is 2.62 bits per heavy atom. The molecule has 0 saturated heterocycles. The Morgan fingerprint density at radius 2 is 1.90 bits per heavy atom. The maximum Gasteiger partial charge on any atom is 0.141 e. The zero-order valence-corrected chi connectivity index (χ0v) is 12.6. The molecule has 0 unspecified atom stereocenters. The number of hydrogen-bond donors (Lipinski definition) is 1. The predicted molar refractivity (Wildman–Crippen MR) is 85.1 cm³/mol. The van der Waals surface area contributed by atoms with Crippen molar-refractivity contribution in [1.29, 1.82) is 0 Å². The average Bonchev–Trinajstić information content (AvgIpc) is 3.22. The number of fused-ring (bicyclic) bond motifs is 1. The van der Waals surface area contributed by atoms with Crippen LogP contribution < -0.4 is 0 Å². The van der Waals surface area contributed by atoms with Gasteiger partial charge < -0.3 is 9.67 Å². The first-order chi connectivity index (χ1) is 10.1. The molecule has 0 amide bonds. The Bertz CT molecular complexity index is 853. The van der Waals surface area contributed by atoms with Crippen LogP contribution in [0.1, 0.15) is 18.9 Å². The van der Waals surface area contributed by atoms with Gasteiger partial charge in [0.1, 0.15) is 11.6 Å². The number of para-hydroxylation sites is 1. The number of hydrogen-bond acceptors (Lipinski definition) is 2. The maximum absolute atomic E-state index is 9.59. The van der Waals surface area contributed by atoms with Gasteiger partial charge in [-0.2, -0.15) is 0 Å². The van der Waals surface area contributed by atoms with Crippen LogP contribution in [0.4, 0.5) is 0 Å². The van der Waals surface area contributed by atoms with E-state index < -0.39 is 0 Å². The number of imidazole rings is 1. The molecule has 2 aromatic carbocycles. The third kappa shape index (κ3) is 2.08. The highest BCUT2D eigenvalue weighted by molar-refractivity contribution is 6.35. The summed E-state index contributed by atoms with van der Waals surface area (Å²) in [6.07, 6.45) is 2.27. The Kier molecular flexibility index (Phi) is 2.88. The van der Waals surface area contributed by atoms with Crippen LogP contribution in [0.2, 0.25) is 10.0 Å². The third-order valence-corrected chi connectivity index (χ3v) is 4.39. The number of aromatic nitrogens is 2. The summed E-state index contributed by atoms with van der Waals surface area (Å²) in [7, 11) is 0. The zero-order valence-electron chi connectivity index (χ0n) is 11.1. The van der Waals surface area contributed by atoms with Crippen molar-refractivity contribution in [2.24, 2.45) is 0 Å². The third-order valence-electron chi connectivity index (χ3n) is 3.78. The van der Waals surface area contributed by atoms with E-state index in [9.17, 15) is 5.11 Å². The Hall–Kier alpha value is -1.71. The van der Waals surface area contributed by atoms with Crippen molar-refractivity contribution in [3.63, 3.8) is 0 Å². The summed E-state index contributed by atoms with van der Waals surface area (Å²) in [5.41, 5.74) is 2.74. The van der Waals surface area contributed by atoms with Crippen LogP contribution in [0.15, 0.2) is 36.4 Å². The molecule has 21 heavy (non-hydrogen) atoms. The van der Waals surface area contributed by atoms with Crippen molar-refractivity contribution in [1.82, 2.24) is 9.55 Å². The van der Waals surface area contributed by atoms with Crippen LogP contribution in [0, 0.1) is 0 Å². The highest BCUT2D eigenvalue weighted by Gasteiger charge is 2.29. The van der Waals surface area contributed by atoms with Gasteiger partial charge in [-0.3, -0.25) is 0 Å². The van der Waals surface area contributed by atoms with Crippen LogP contribution in [0.25, 0.3) is 22.4 Å². The molecular weight excluding hydrogens is 307 g/mol. The van der Waals surface area contributed by atoms with Crippen LogP contribution in [-0.4, -0.2) is 14.7 Å². The monoisotopic (exact) mass is 318 g/mol. The first-order valence-corrected chi connectivity index (χ1v) is 7.56. The quantitative estimate of drug-likeness (QED) is 0.718. The molecule has 5 heteroatoms. The zero-order chi connectivity index (χ0) is 14.6. The van der Waals surface area contributed by atoms with Crippen molar-refractivity contribution >= 4 is 34.2 Å². The van der Waals surface area contributed by atoms with Crippen LogP contribution >= 0.6 is 23.2 Å². The number of nitrogens with zero attached hydrogens (tertiary/aromatic N) is 2. The van der Waals surface area contributed by atoms with E-state index in [4.69, 9.17) is 28.2 Å². The van der Waals surface area contributed by atoms with Crippen LogP contribution in [0.3, 0.4) is 0 Å². The van der Waals surface area contributed by atoms with Gasteiger partial charge in [0.05, 0.1) is 21.1 Å². The summed E-state index contributed by atoms with van der Waals surface area (Å²) in [6, 6.07) is 11.4. The van der Waals surface area contributed by atoms with Gasteiger partial charge in [-0.1, -0.05) is 29.3 Å². The molecule has 1 aromatic heterocycles. The van der Waals surface area contributed by atoms with E-state index >= 15 is 0 Å². The van der Waals surface area contributed by atoms with Gasteiger partial charge in [-0.25, -0.2) is 4.98 Å². The largest absolute Gasteiger partial charge is 0.506 e. The molecule has 1 aliphatic rings. The normalized spacial score (nSPS) is 14.8. The fourth-order valence-corrected chi connectivity index (χ4v) is 3.09. The topological polar surface area (TPSA) is 38.1 Å². The molecule has 0 bridgehead atoms. The Morgan fingerprint density at radius 1 is 1.10 bits per heavy atom. The van der Waals surface area contributed by atoms with E-state index in [0.717, 1.165) is 35.3 Å². The van der Waals surface area contributed by atoms with E-state index in [1.807, 2.05) is 24.3 Å². The standard InChI is InChI=1S/C16H12Cl2N2O/c17-11-2-1-3-13-15(11)20(10-5-6-10)16(19-13)9-4-7-14(21)12(18)8-9/h1-4,7-8,10,21H,5-6H2. The molecule has 106 valence electrons. The van der Waals surface area contributed by atoms with Gasteiger partial charge in [0.2, 0.25) is 0 Å². The SMILES string of the molecule is Oc1ccc(-c2nc3cccc(Cl)c3n2C2CC2)cc1Cl.